The van der Waals surface area contributed by atoms with Crippen molar-refractivity contribution in [2.24, 2.45) is 0 Å². The van der Waals surface area contributed by atoms with Gasteiger partial charge in [0.05, 0.1) is 6.04 Å². The van der Waals surface area contributed by atoms with Gasteiger partial charge in [-0.1, -0.05) is 43.3 Å². The van der Waals surface area contributed by atoms with Crippen LogP contribution in [-0.2, 0) is 4.79 Å². The number of rotatable bonds is 7. The zero-order chi connectivity index (χ0) is 19.1. The highest BCUT2D eigenvalue weighted by atomic mass is 16.2. The number of carbonyl (C=O) groups is 1. The first-order chi connectivity index (χ1) is 13.2. The number of anilines is 1. The van der Waals surface area contributed by atoms with Crippen molar-refractivity contribution in [3.05, 3.63) is 60.3 Å². The van der Waals surface area contributed by atoms with E-state index in [1.807, 2.05) is 37.4 Å². The van der Waals surface area contributed by atoms with Crippen LogP contribution in [0, 0.1) is 0 Å². The van der Waals surface area contributed by atoms with Crippen LogP contribution in [0.2, 0.25) is 0 Å². The van der Waals surface area contributed by atoms with Crippen LogP contribution in [0.25, 0.3) is 0 Å². The third kappa shape index (κ3) is 5.07. The number of amides is 1. The van der Waals surface area contributed by atoms with Gasteiger partial charge in [0.25, 0.3) is 0 Å². The van der Waals surface area contributed by atoms with Crippen molar-refractivity contribution >= 4 is 11.7 Å². The number of hydrogen-bond donors (Lipinski definition) is 1. The van der Waals surface area contributed by atoms with Crippen LogP contribution in [0.4, 0.5) is 5.82 Å². The predicted molar refractivity (Wildman–Crippen MR) is 110 cm³/mol. The molecule has 1 saturated heterocycles. The zero-order valence-corrected chi connectivity index (χ0v) is 16.3. The fraction of sp³-hybridized carbons (Fsp3) is 0.455. The molecule has 1 amide bonds. The second-order valence-electron chi connectivity index (χ2n) is 7.15. The van der Waals surface area contributed by atoms with Crippen LogP contribution < -0.4 is 10.2 Å². The Hall–Kier alpha value is -2.40. The Kier molecular flexibility index (Phi) is 6.82. The van der Waals surface area contributed by atoms with Crippen molar-refractivity contribution < 1.29 is 4.79 Å². The summed E-state index contributed by atoms with van der Waals surface area (Å²) < 4.78 is 0. The van der Waals surface area contributed by atoms with Gasteiger partial charge in [0.2, 0.25) is 5.91 Å². The average molecular weight is 367 g/mol. The van der Waals surface area contributed by atoms with E-state index in [9.17, 15) is 4.79 Å². The van der Waals surface area contributed by atoms with Crippen LogP contribution in [0.3, 0.4) is 0 Å². The van der Waals surface area contributed by atoms with Gasteiger partial charge in [-0.05, 0) is 31.0 Å². The molecule has 1 aliphatic rings. The Morgan fingerprint density at radius 2 is 1.78 bits per heavy atom. The maximum atomic E-state index is 12.7. The highest BCUT2D eigenvalue weighted by Crippen LogP contribution is 2.18. The van der Waals surface area contributed by atoms with Crippen LogP contribution >= 0.6 is 0 Å². The lowest BCUT2D eigenvalue weighted by molar-refractivity contribution is -0.126. The van der Waals surface area contributed by atoms with Gasteiger partial charge in [-0.15, -0.1) is 0 Å². The summed E-state index contributed by atoms with van der Waals surface area (Å²) in [7, 11) is 0. The molecule has 1 fully saturated rings. The van der Waals surface area contributed by atoms with Gasteiger partial charge in [-0.25, -0.2) is 4.98 Å². The summed E-state index contributed by atoms with van der Waals surface area (Å²) in [5, 5.41) is 3.17. The monoisotopic (exact) mass is 366 g/mol. The molecule has 0 unspecified atom stereocenters. The Balaban J connectivity index is 1.48. The van der Waals surface area contributed by atoms with E-state index >= 15 is 0 Å². The highest BCUT2D eigenvalue weighted by Gasteiger charge is 2.26. The number of hydrogen-bond acceptors (Lipinski definition) is 4. The smallest absolute Gasteiger partial charge is 0.237 e. The van der Waals surface area contributed by atoms with Gasteiger partial charge in [-0.3, -0.25) is 9.69 Å². The maximum Gasteiger partial charge on any atom is 0.237 e. The van der Waals surface area contributed by atoms with E-state index < -0.39 is 0 Å². The predicted octanol–water partition coefficient (Wildman–Crippen LogP) is 2.90. The van der Waals surface area contributed by atoms with Crippen LogP contribution in [-0.4, -0.2) is 54.6 Å². The number of aromatic nitrogens is 1. The van der Waals surface area contributed by atoms with E-state index in [0.29, 0.717) is 12.5 Å². The lowest BCUT2D eigenvalue weighted by Crippen LogP contribution is -2.54. The van der Waals surface area contributed by atoms with Crippen LogP contribution in [0.1, 0.15) is 31.7 Å². The average Bonchev–Trinajstić information content (AvgIpc) is 2.75. The van der Waals surface area contributed by atoms with Crippen molar-refractivity contribution in [2.75, 3.05) is 37.6 Å². The minimum Gasteiger partial charge on any atom is -0.354 e. The number of piperazine rings is 1. The van der Waals surface area contributed by atoms with E-state index in [1.165, 1.54) is 5.56 Å². The first-order valence-corrected chi connectivity index (χ1v) is 9.91. The van der Waals surface area contributed by atoms with Crippen molar-refractivity contribution in [3.8, 4) is 0 Å². The van der Waals surface area contributed by atoms with Crippen LogP contribution in [0.5, 0.6) is 0 Å². The second kappa shape index (κ2) is 9.51. The SMILES string of the molecule is CC[C@@H](CNC(=O)[C@H](C)N1CCN(c2ccccn2)CC1)c1ccccc1. The summed E-state index contributed by atoms with van der Waals surface area (Å²) in [6, 6.07) is 16.3. The fourth-order valence-corrected chi connectivity index (χ4v) is 3.64. The Labute approximate surface area is 162 Å². The van der Waals surface area contributed by atoms with Gasteiger partial charge >= 0.3 is 0 Å². The molecular weight excluding hydrogens is 336 g/mol. The summed E-state index contributed by atoms with van der Waals surface area (Å²) in [6.07, 6.45) is 2.84. The lowest BCUT2D eigenvalue weighted by Gasteiger charge is -2.38. The molecular formula is C22H30N4O. The summed E-state index contributed by atoms with van der Waals surface area (Å²) in [6.45, 7) is 8.42. The molecule has 5 heteroatoms. The summed E-state index contributed by atoms with van der Waals surface area (Å²) >= 11 is 0. The Bertz CT molecular complexity index is 699. The molecule has 144 valence electrons. The fourth-order valence-electron chi connectivity index (χ4n) is 3.64. The van der Waals surface area contributed by atoms with Crippen molar-refractivity contribution in [3.63, 3.8) is 0 Å². The molecule has 1 aromatic carbocycles. The highest BCUT2D eigenvalue weighted by molar-refractivity contribution is 5.81. The van der Waals surface area contributed by atoms with Gasteiger partial charge in [-0.2, -0.15) is 0 Å². The number of benzene rings is 1. The molecule has 0 aliphatic carbocycles. The third-order valence-electron chi connectivity index (χ3n) is 5.50. The summed E-state index contributed by atoms with van der Waals surface area (Å²) in [5.41, 5.74) is 1.29. The number of carbonyl (C=O) groups excluding carboxylic acids is 1. The normalized spacial score (nSPS) is 17.3. The second-order valence-corrected chi connectivity index (χ2v) is 7.15. The molecule has 2 aromatic rings. The Morgan fingerprint density at radius 1 is 1.07 bits per heavy atom. The molecule has 0 radical (unpaired) electrons. The van der Waals surface area contributed by atoms with E-state index in [0.717, 1.165) is 38.4 Å². The topological polar surface area (TPSA) is 48.5 Å². The first kappa shape index (κ1) is 19.4. The van der Waals surface area contributed by atoms with Gasteiger partial charge < -0.3 is 10.2 Å². The number of nitrogens with one attached hydrogen (secondary N) is 1. The molecule has 0 spiro atoms. The largest absolute Gasteiger partial charge is 0.354 e. The molecule has 27 heavy (non-hydrogen) atoms. The zero-order valence-electron chi connectivity index (χ0n) is 16.3. The molecule has 5 nitrogen and oxygen atoms in total. The first-order valence-electron chi connectivity index (χ1n) is 9.91. The lowest BCUT2D eigenvalue weighted by atomic mass is 9.96. The van der Waals surface area contributed by atoms with Gasteiger partial charge in [0.1, 0.15) is 5.82 Å². The molecule has 0 bridgehead atoms. The van der Waals surface area contributed by atoms with Crippen LogP contribution in [0.15, 0.2) is 54.7 Å². The van der Waals surface area contributed by atoms with Gasteiger partial charge in [0, 0.05) is 44.8 Å². The molecule has 2 heterocycles. The minimum atomic E-state index is -0.107. The van der Waals surface area contributed by atoms with E-state index in [2.05, 4.69) is 51.3 Å². The molecule has 0 saturated carbocycles. The quantitative estimate of drug-likeness (QED) is 0.819. The minimum absolute atomic E-state index is 0.107. The van der Waals surface area contributed by atoms with E-state index in [-0.39, 0.29) is 11.9 Å². The molecule has 3 rings (SSSR count). The maximum absolute atomic E-state index is 12.7. The molecule has 1 aliphatic heterocycles. The molecule has 1 aromatic heterocycles. The van der Waals surface area contributed by atoms with E-state index in [1.54, 1.807) is 0 Å². The van der Waals surface area contributed by atoms with Crippen molar-refractivity contribution in [1.82, 2.24) is 15.2 Å². The van der Waals surface area contributed by atoms with Crippen molar-refractivity contribution in [1.29, 1.82) is 0 Å². The summed E-state index contributed by atoms with van der Waals surface area (Å²) in [5.74, 6) is 1.50. The third-order valence-corrected chi connectivity index (χ3v) is 5.50. The summed E-state index contributed by atoms with van der Waals surface area (Å²) in [4.78, 5) is 21.6. The number of pyridine rings is 1. The number of nitrogens with zero attached hydrogens (tertiary/aromatic N) is 3. The molecule has 1 N–H and O–H groups in total. The Morgan fingerprint density at radius 3 is 2.41 bits per heavy atom. The van der Waals surface area contributed by atoms with Gasteiger partial charge in [0.15, 0.2) is 0 Å². The van der Waals surface area contributed by atoms with E-state index in [4.69, 9.17) is 0 Å². The van der Waals surface area contributed by atoms with Crippen molar-refractivity contribution in [2.45, 2.75) is 32.2 Å². The molecule has 2 atom stereocenters. The standard InChI is InChI=1S/C22H30N4O/c1-3-19(20-9-5-4-6-10-20)17-24-22(27)18(2)25-13-15-26(16-14-25)21-11-7-8-12-23-21/h4-12,18-19H,3,13-17H2,1-2H3,(H,24,27)/t18-,19-/m0/s1.